The van der Waals surface area contributed by atoms with Gasteiger partial charge in [-0.2, -0.15) is 5.10 Å². The fourth-order valence-electron chi connectivity index (χ4n) is 1.70. The van der Waals surface area contributed by atoms with Crippen LogP contribution >= 0.6 is 11.5 Å². The van der Waals surface area contributed by atoms with Crippen molar-refractivity contribution in [1.29, 1.82) is 0 Å². The maximum Gasteiger partial charge on any atom is 0.0669 e. The summed E-state index contributed by atoms with van der Waals surface area (Å²) >= 11 is 1.45. The van der Waals surface area contributed by atoms with Gasteiger partial charge in [-0.15, -0.1) is 5.10 Å². The van der Waals surface area contributed by atoms with Crippen molar-refractivity contribution in [3.63, 3.8) is 0 Å². The predicted octanol–water partition coefficient (Wildman–Crippen LogP) is 1.16. The van der Waals surface area contributed by atoms with Crippen LogP contribution in [0, 0.1) is 0 Å². The van der Waals surface area contributed by atoms with Crippen LogP contribution in [0.2, 0.25) is 0 Å². The Balaban J connectivity index is 1.96. The van der Waals surface area contributed by atoms with Crippen LogP contribution in [0.4, 0.5) is 0 Å². The number of aryl methyl sites for hydroxylation is 2. The van der Waals surface area contributed by atoms with E-state index < -0.39 is 0 Å². The van der Waals surface area contributed by atoms with E-state index in [2.05, 4.69) is 26.1 Å². The van der Waals surface area contributed by atoms with Crippen molar-refractivity contribution < 1.29 is 0 Å². The van der Waals surface area contributed by atoms with Gasteiger partial charge < -0.3 is 5.32 Å². The molecule has 86 valence electrons. The molecule has 0 saturated heterocycles. The van der Waals surface area contributed by atoms with E-state index >= 15 is 0 Å². The molecule has 0 aliphatic carbocycles. The van der Waals surface area contributed by atoms with E-state index in [0.29, 0.717) is 6.04 Å². The minimum atomic E-state index is 0.329. The zero-order valence-electron chi connectivity index (χ0n) is 9.42. The number of rotatable bonds is 5. The van der Waals surface area contributed by atoms with Gasteiger partial charge in [0.1, 0.15) is 0 Å². The molecule has 0 spiro atoms. The lowest BCUT2D eigenvalue weighted by atomic mass is 10.1. The van der Waals surface area contributed by atoms with Gasteiger partial charge in [-0.1, -0.05) is 4.49 Å². The summed E-state index contributed by atoms with van der Waals surface area (Å²) < 4.78 is 5.80. The van der Waals surface area contributed by atoms with Gasteiger partial charge in [-0.3, -0.25) is 4.68 Å². The average Bonchev–Trinajstić information content (AvgIpc) is 2.92. The van der Waals surface area contributed by atoms with Crippen LogP contribution in [0.15, 0.2) is 18.5 Å². The van der Waals surface area contributed by atoms with Crippen molar-refractivity contribution in [2.75, 3.05) is 7.05 Å². The summed E-state index contributed by atoms with van der Waals surface area (Å²) in [4.78, 5) is 1.18. The molecule has 0 fully saturated rings. The molecule has 5 nitrogen and oxygen atoms in total. The molecule has 16 heavy (non-hydrogen) atoms. The van der Waals surface area contributed by atoms with Crippen LogP contribution in [0.25, 0.3) is 0 Å². The summed E-state index contributed by atoms with van der Waals surface area (Å²) in [5.74, 6) is 0. The van der Waals surface area contributed by atoms with Crippen LogP contribution in [-0.2, 0) is 13.5 Å². The molecule has 1 atom stereocenters. The SMILES string of the molecule is CNC(CCc1ccnn1C)c1cnns1. The second kappa shape index (κ2) is 5.18. The predicted molar refractivity (Wildman–Crippen MR) is 63.2 cm³/mol. The van der Waals surface area contributed by atoms with Crippen LogP contribution < -0.4 is 5.32 Å². The summed E-state index contributed by atoms with van der Waals surface area (Å²) in [5.41, 5.74) is 1.25. The van der Waals surface area contributed by atoms with Crippen molar-refractivity contribution in [3.8, 4) is 0 Å². The number of hydrogen-bond acceptors (Lipinski definition) is 5. The Labute approximate surface area is 98.7 Å². The number of nitrogens with zero attached hydrogens (tertiary/aromatic N) is 4. The van der Waals surface area contributed by atoms with Gasteiger partial charge in [0.2, 0.25) is 0 Å². The maximum absolute atomic E-state index is 4.16. The molecule has 1 unspecified atom stereocenters. The lowest BCUT2D eigenvalue weighted by molar-refractivity contribution is 0.542. The molecule has 0 bridgehead atoms. The molecular formula is C10H15N5S. The van der Waals surface area contributed by atoms with E-state index in [9.17, 15) is 0 Å². The Morgan fingerprint density at radius 1 is 1.56 bits per heavy atom. The number of aromatic nitrogens is 4. The second-order valence-electron chi connectivity index (χ2n) is 3.65. The van der Waals surface area contributed by atoms with Crippen molar-refractivity contribution >= 4 is 11.5 Å². The molecule has 2 rings (SSSR count). The van der Waals surface area contributed by atoms with Crippen molar-refractivity contribution in [2.24, 2.45) is 7.05 Å². The Hall–Kier alpha value is -1.27. The topological polar surface area (TPSA) is 55.6 Å². The zero-order chi connectivity index (χ0) is 11.4. The minimum absolute atomic E-state index is 0.329. The first-order chi connectivity index (χ1) is 7.81. The Bertz CT molecular complexity index is 422. The third-order valence-electron chi connectivity index (χ3n) is 2.68. The average molecular weight is 237 g/mol. The minimum Gasteiger partial charge on any atom is -0.312 e. The number of hydrogen-bond donors (Lipinski definition) is 1. The first-order valence-corrected chi connectivity index (χ1v) is 6.00. The summed E-state index contributed by atoms with van der Waals surface area (Å²) in [6.45, 7) is 0. The largest absolute Gasteiger partial charge is 0.312 e. The number of nitrogens with one attached hydrogen (secondary N) is 1. The fourth-order valence-corrected chi connectivity index (χ4v) is 2.34. The third-order valence-corrected chi connectivity index (χ3v) is 3.46. The molecule has 2 aromatic heterocycles. The van der Waals surface area contributed by atoms with E-state index in [1.54, 1.807) is 0 Å². The van der Waals surface area contributed by atoms with E-state index in [4.69, 9.17) is 0 Å². The van der Waals surface area contributed by atoms with Gasteiger partial charge >= 0.3 is 0 Å². The molecular weight excluding hydrogens is 222 g/mol. The smallest absolute Gasteiger partial charge is 0.0669 e. The van der Waals surface area contributed by atoms with Crippen LogP contribution in [0.5, 0.6) is 0 Å². The highest BCUT2D eigenvalue weighted by Crippen LogP contribution is 2.20. The monoisotopic (exact) mass is 237 g/mol. The zero-order valence-corrected chi connectivity index (χ0v) is 10.2. The Morgan fingerprint density at radius 3 is 3.00 bits per heavy atom. The van der Waals surface area contributed by atoms with Crippen LogP contribution in [-0.4, -0.2) is 26.4 Å². The summed E-state index contributed by atoms with van der Waals surface area (Å²) in [7, 11) is 3.94. The van der Waals surface area contributed by atoms with Gasteiger partial charge in [0.05, 0.1) is 11.1 Å². The van der Waals surface area contributed by atoms with Crippen molar-refractivity contribution in [1.82, 2.24) is 24.7 Å². The third kappa shape index (κ3) is 2.45. The summed E-state index contributed by atoms with van der Waals surface area (Å²) in [5, 5.41) is 11.3. The van der Waals surface area contributed by atoms with Gasteiger partial charge in [-0.05, 0) is 37.5 Å². The highest BCUT2D eigenvalue weighted by Gasteiger charge is 2.12. The Kier molecular flexibility index (Phi) is 3.63. The molecule has 0 radical (unpaired) electrons. The van der Waals surface area contributed by atoms with Gasteiger partial charge in [0.25, 0.3) is 0 Å². The van der Waals surface area contributed by atoms with E-state index in [0.717, 1.165) is 12.8 Å². The van der Waals surface area contributed by atoms with Crippen molar-refractivity contribution in [3.05, 3.63) is 29.0 Å². The molecule has 0 aliphatic heterocycles. The molecule has 0 saturated carbocycles. The highest BCUT2D eigenvalue weighted by molar-refractivity contribution is 7.05. The molecule has 0 aliphatic rings. The standard InChI is InChI=1S/C10H15N5S/c1-11-9(10-7-12-14-16-10)4-3-8-5-6-13-15(8)2/h5-7,9,11H,3-4H2,1-2H3. The lowest BCUT2D eigenvalue weighted by Crippen LogP contribution is -2.16. The summed E-state index contributed by atoms with van der Waals surface area (Å²) in [6, 6.07) is 2.38. The lowest BCUT2D eigenvalue weighted by Gasteiger charge is -2.13. The first-order valence-electron chi connectivity index (χ1n) is 5.22. The molecule has 0 aromatic carbocycles. The second-order valence-corrected chi connectivity index (χ2v) is 4.46. The van der Waals surface area contributed by atoms with E-state index in [1.165, 1.54) is 22.1 Å². The molecule has 6 heteroatoms. The quantitative estimate of drug-likeness (QED) is 0.848. The summed E-state index contributed by atoms with van der Waals surface area (Å²) in [6.07, 6.45) is 5.69. The van der Waals surface area contributed by atoms with Crippen molar-refractivity contribution in [2.45, 2.75) is 18.9 Å². The van der Waals surface area contributed by atoms with Gasteiger partial charge in [0.15, 0.2) is 0 Å². The molecule has 1 N–H and O–H groups in total. The Morgan fingerprint density at radius 2 is 2.44 bits per heavy atom. The van der Waals surface area contributed by atoms with E-state index in [1.807, 2.05) is 31.2 Å². The van der Waals surface area contributed by atoms with Crippen LogP contribution in [0.3, 0.4) is 0 Å². The molecule has 0 amide bonds. The molecule has 2 aromatic rings. The first kappa shape index (κ1) is 11.2. The van der Waals surface area contributed by atoms with E-state index in [-0.39, 0.29) is 0 Å². The van der Waals surface area contributed by atoms with Gasteiger partial charge in [0, 0.05) is 25.0 Å². The van der Waals surface area contributed by atoms with Crippen LogP contribution in [0.1, 0.15) is 23.0 Å². The maximum atomic E-state index is 4.16. The molecule has 2 heterocycles. The normalized spacial score (nSPS) is 12.9. The van der Waals surface area contributed by atoms with Gasteiger partial charge in [-0.25, -0.2) is 0 Å². The highest BCUT2D eigenvalue weighted by atomic mass is 32.1. The fraction of sp³-hybridized carbons (Fsp3) is 0.500.